The largest absolute Gasteiger partial charge is 0.496 e. The van der Waals surface area contributed by atoms with Gasteiger partial charge in [-0.05, 0) is 18.2 Å². The predicted molar refractivity (Wildman–Crippen MR) is 58.2 cm³/mol. The van der Waals surface area contributed by atoms with Gasteiger partial charge in [0, 0.05) is 10.6 Å². The summed E-state index contributed by atoms with van der Waals surface area (Å²) in [7, 11) is 1.40. The number of rotatable bonds is 4. The molecule has 0 heterocycles. The number of halogens is 1. The summed E-state index contributed by atoms with van der Waals surface area (Å²) in [4.78, 5) is 10.7. The van der Waals surface area contributed by atoms with Gasteiger partial charge in [0.05, 0.1) is 7.11 Å². The highest BCUT2D eigenvalue weighted by Gasteiger charge is 2.26. The van der Waals surface area contributed by atoms with E-state index in [2.05, 4.69) is 0 Å². The molecule has 0 saturated heterocycles. The van der Waals surface area contributed by atoms with Crippen LogP contribution < -0.4 is 10.5 Å². The van der Waals surface area contributed by atoms with E-state index in [0.717, 1.165) is 0 Å². The Morgan fingerprint density at radius 2 is 2.12 bits per heavy atom. The van der Waals surface area contributed by atoms with E-state index in [9.17, 15) is 15.0 Å². The Bertz CT molecular complexity index is 396. The number of amides is 1. The molecule has 6 heteroatoms. The lowest BCUT2D eigenvalue weighted by Gasteiger charge is -2.18. The van der Waals surface area contributed by atoms with Gasteiger partial charge in [-0.1, -0.05) is 11.6 Å². The van der Waals surface area contributed by atoms with Gasteiger partial charge in [-0.2, -0.15) is 0 Å². The summed E-state index contributed by atoms with van der Waals surface area (Å²) in [5, 5.41) is 19.4. The van der Waals surface area contributed by atoms with Crippen molar-refractivity contribution >= 4 is 17.5 Å². The Balaban J connectivity index is 3.10. The second kappa shape index (κ2) is 5.16. The van der Waals surface area contributed by atoms with Crippen molar-refractivity contribution in [1.29, 1.82) is 0 Å². The number of primary amides is 1. The van der Waals surface area contributed by atoms with Crippen LogP contribution in [0.1, 0.15) is 11.7 Å². The molecule has 0 fully saturated rings. The SMILES string of the molecule is COc1ccc(Cl)cc1C(O)C(O)C(N)=O. The van der Waals surface area contributed by atoms with Crippen LogP contribution in [0.25, 0.3) is 0 Å². The van der Waals surface area contributed by atoms with Crippen molar-refractivity contribution in [2.24, 2.45) is 5.73 Å². The summed E-state index contributed by atoms with van der Waals surface area (Å²) in [6.45, 7) is 0. The molecule has 0 aliphatic rings. The van der Waals surface area contributed by atoms with Gasteiger partial charge in [-0.3, -0.25) is 4.79 Å². The minimum Gasteiger partial charge on any atom is -0.496 e. The van der Waals surface area contributed by atoms with Crippen LogP contribution in [0.4, 0.5) is 0 Å². The summed E-state index contributed by atoms with van der Waals surface area (Å²) in [6.07, 6.45) is -3.17. The average Bonchev–Trinajstić information content (AvgIpc) is 2.26. The molecule has 1 aromatic rings. The number of aliphatic hydroxyl groups is 2. The number of hydrogen-bond acceptors (Lipinski definition) is 4. The summed E-state index contributed by atoms with van der Waals surface area (Å²) in [5.41, 5.74) is 5.09. The number of methoxy groups -OCH3 is 1. The van der Waals surface area contributed by atoms with E-state index in [1.54, 1.807) is 6.07 Å². The van der Waals surface area contributed by atoms with Crippen molar-refractivity contribution in [1.82, 2.24) is 0 Å². The minimum atomic E-state index is -1.70. The van der Waals surface area contributed by atoms with Crippen molar-refractivity contribution < 1.29 is 19.7 Å². The lowest BCUT2D eigenvalue weighted by Crippen LogP contribution is -2.34. The van der Waals surface area contributed by atoms with E-state index in [4.69, 9.17) is 22.1 Å². The summed E-state index contributed by atoms with van der Waals surface area (Å²) < 4.78 is 4.97. The maximum Gasteiger partial charge on any atom is 0.249 e. The van der Waals surface area contributed by atoms with E-state index >= 15 is 0 Å². The zero-order valence-corrected chi connectivity index (χ0v) is 9.31. The molecule has 0 aliphatic heterocycles. The molecule has 1 aromatic carbocycles. The summed E-state index contributed by atoms with van der Waals surface area (Å²) in [6, 6.07) is 4.49. The molecule has 1 amide bonds. The molecular formula is C10H12ClNO4. The van der Waals surface area contributed by atoms with E-state index < -0.39 is 18.1 Å². The van der Waals surface area contributed by atoms with Crippen LogP contribution in [0.2, 0.25) is 5.02 Å². The Morgan fingerprint density at radius 1 is 1.50 bits per heavy atom. The van der Waals surface area contributed by atoms with Crippen LogP contribution >= 0.6 is 11.6 Å². The average molecular weight is 246 g/mol. The summed E-state index contributed by atoms with van der Waals surface area (Å²) in [5.74, 6) is -0.702. The van der Waals surface area contributed by atoms with Crippen molar-refractivity contribution in [2.45, 2.75) is 12.2 Å². The highest BCUT2D eigenvalue weighted by atomic mass is 35.5. The van der Waals surface area contributed by atoms with Crippen LogP contribution in [-0.4, -0.2) is 29.3 Å². The molecule has 1 rings (SSSR count). The number of benzene rings is 1. The van der Waals surface area contributed by atoms with Gasteiger partial charge < -0.3 is 20.7 Å². The number of carbonyl (C=O) groups excluding carboxylic acids is 1. The van der Waals surface area contributed by atoms with Crippen LogP contribution in [0.15, 0.2) is 18.2 Å². The third-order valence-electron chi connectivity index (χ3n) is 2.10. The van der Waals surface area contributed by atoms with Gasteiger partial charge in [-0.15, -0.1) is 0 Å². The van der Waals surface area contributed by atoms with Gasteiger partial charge >= 0.3 is 0 Å². The number of nitrogens with two attached hydrogens (primary N) is 1. The van der Waals surface area contributed by atoms with E-state index in [1.165, 1.54) is 19.2 Å². The van der Waals surface area contributed by atoms with Crippen LogP contribution in [0.5, 0.6) is 5.75 Å². The first kappa shape index (κ1) is 12.8. The van der Waals surface area contributed by atoms with Crippen LogP contribution in [-0.2, 0) is 4.79 Å². The lowest BCUT2D eigenvalue weighted by molar-refractivity contribution is -0.132. The Kier molecular flexibility index (Phi) is 4.12. The summed E-state index contributed by atoms with van der Waals surface area (Å²) >= 11 is 5.74. The first-order valence-electron chi connectivity index (χ1n) is 4.46. The normalized spacial score (nSPS) is 14.2. The number of carbonyl (C=O) groups is 1. The van der Waals surface area contributed by atoms with Gasteiger partial charge in [0.15, 0.2) is 6.10 Å². The number of ether oxygens (including phenoxy) is 1. The standard InChI is InChI=1S/C10H12ClNO4/c1-16-7-3-2-5(11)4-6(7)8(13)9(14)10(12)15/h2-4,8-9,13-14H,1H3,(H2,12,15). The molecule has 0 radical (unpaired) electrons. The third-order valence-corrected chi connectivity index (χ3v) is 2.34. The molecule has 0 aromatic heterocycles. The van der Waals surface area contributed by atoms with Gasteiger partial charge in [0.1, 0.15) is 11.9 Å². The smallest absolute Gasteiger partial charge is 0.249 e. The third kappa shape index (κ3) is 2.63. The number of hydrogen-bond donors (Lipinski definition) is 3. The molecule has 0 aliphatic carbocycles. The van der Waals surface area contributed by atoms with Crippen molar-refractivity contribution in [3.63, 3.8) is 0 Å². The molecule has 5 nitrogen and oxygen atoms in total. The quantitative estimate of drug-likeness (QED) is 0.708. The first-order chi connectivity index (χ1) is 7.47. The van der Waals surface area contributed by atoms with Crippen molar-refractivity contribution in [2.75, 3.05) is 7.11 Å². The molecule has 0 saturated carbocycles. The lowest BCUT2D eigenvalue weighted by atomic mass is 10.0. The topological polar surface area (TPSA) is 92.8 Å². The second-order valence-electron chi connectivity index (χ2n) is 3.18. The molecule has 2 unspecified atom stereocenters. The second-order valence-corrected chi connectivity index (χ2v) is 3.61. The Labute approximate surface area is 97.4 Å². The zero-order valence-electron chi connectivity index (χ0n) is 8.55. The molecule has 2 atom stereocenters. The van der Waals surface area contributed by atoms with E-state index in [0.29, 0.717) is 10.8 Å². The molecule has 0 bridgehead atoms. The fourth-order valence-corrected chi connectivity index (χ4v) is 1.44. The highest BCUT2D eigenvalue weighted by molar-refractivity contribution is 6.30. The molecule has 88 valence electrons. The Morgan fingerprint density at radius 3 is 2.62 bits per heavy atom. The van der Waals surface area contributed by atoms with Gasteiger partial charge in [-0.25, -0.2) is 0 Å². The van der Waals surface area contributed by atoms with E-state index in [1.807, 2.05) is 0 Å². The number of aliphatic hydroxyl groups excluding tert-OH is 2. The zero-order chi connectivity index (χ0) is 12.3. The maximum absolute atomic E-state index is 10.7. The van der Waals surface area contributed by atoms with Gasteiger partial charge in [0.2, 0.25) is 5.91 Å². The molecule has 16 heavy (non-hydrogen) atoms. The Hall–Kier alpha value is -1.30. The first-order valence-corrected chi connectivity index (χ1v) is 4.84. The van der Waals surface area contributed by atoms with Crippen LogP contribution in [0.3, 0.4) is 0 Å². The maximum atomic E-state index is 10.7. The van der Waals surface area contributed by atoms with Crippen LogP contribution in [0, 0.1) is 0 Å². The predicted octanol–water partition coefficient (Wildman–Crippen LogP) is 0.228. The monoisotopic (exact) mass is 245 g/mol. The molecule has 0 spiro atoms. The highest BCUT2D eigenvalue weighted by Crippen LogP contribution is 2.29. The van der Waals surface area contributed by atoms with Gasteiger partial charge in [0.25, 0.3) is 0 Å². The van der Waals surface area contributed by atoms with Crippen molar-refractivity contribution in [3.05, 3.63) is 28.8 Å². The van der Waals surface area contributed by atoms with Crippen molar-refractivity contribution in [3.8, 4) is 5.75 Å². The fraction of sp³-hybridized carbons (Fsp3) is 0.300. The fourth-order valence-electron chi connectivity index (χ4n) is 1.26. The molecular weight excluding hydrogens is 234 g/mol. The minimum absolute atomic E-state index is 0.210. The molecule has 4 N–H and O–H groups in total. The van der Waals surface area contributed by atoms with E-state index in [-0.39, 0.29) is 5.56 Å².